The van der Waals surface area contributed by atoms with Crippen molar-refractivity contribution in [3.8, 4) is 5.75 Å². The van der Waals surface area contributed by atoms with Gasteiger partial charge in [0, 0.05) is 13.1 Å². The number of nitrogens with zero attached hydrogens (tertiary/aromatic N) is 1. The van der Waals surface area contributed by atoms with Crippen molar-refractivity contribution in [2.24, 2.45) is 0 Å². The number of hydrogen-bond donors (Lipinski definition) is 3. The molecule has 1 aliphatic rings. The largest absolute Gasteiger partial charge is 0.508 e. The van der Waals surface area contributed by atoms with Gasteiger partial charge in [-0.1, -0.05) is 12.1 Å². The molecule has 0 aromatic heterocycles. The van der Waals surface area contributed by atoms with Gasteiger partial charge in [-0.25, -0.2) is 0 Å². The highest BCUT2D eigenvalue weighted by molar-refractivity contribution is 5.79. The molecule has 0 spiro atoms. The van der Waals surface area contributed by atoms with Gasteiger partial charge in [0.15, 0.2) is 0 Å². The van der Waals surface area contributed by atoms with Gasteiger partial charge in [-0.3, -0.25) is 4.79 Å². The first-order valence-electron chi connectivity index (χ1n) is 6.34. The molecule has 1 aromatic carbocycles. The molecule has 1 amide bonds. The van der Waals surface area contributed by atoms with E-state index in [0.29, 0.717) is 13.0 Å². The third kappa shape index (κ3) is 3.24. The number of phenolic OH excluding ortho intramolecular Hbond substituents is 1. The molecule has 5 nitrogen and oxygen atoms in total. The highest BCUT2D eigenvalue weighted by atomic mass is 16.3. The van der Waals surface area contributed by atoms with Gasteiger partial charge in [0.05, 0.1) is 18.1 Å². The predicted octanol–water partition coefficient (Wildman–Crippen LogP) is 0.279. The number of phenols is 1. The molecule has 3 N–H and O–H groups in total. The number of hydrogen-bond acceptors (Lipinski definition) is 4. The average Bonchev–Trinajstić information content (AvgIpc) is 2.32. The van der Waals surface area contributed by atoms with Crippen LogP contribution < -0.4 is 0 Å². The van der Waals surface area contributed by atoms with Crippen molar-refractivity contribution >= 4 is 5.91 Å². The van der Waals surface area contributed by atoms with E-state index in [2.05, 4.69) is 0 Å². The highest BCUT2D eigenvalue weighted by Gasteiger charge is 2.37. The first kappa shape index (κ1) is 13.8. The zero-order valence-electron chi connectivity index (χ0n) is 10.9. The second-order valence-electron chi connectivity index (χ2n) is 5.31. The summed E-state index contributed by atoms with van der Waals surface area (Å²) < 4.78 is 0. The van der Waals surface area contributed by atoms with Crippen LogP contribution in [0.3, 0.4) is 0 Å². The van der Waals surface area contributed by atoms with Crippen molar-refractivity contribution in [1.82, 2.24) is 4.90 Å². The number of amides is 1. The van der Waals surface area contributed by atoms with Gasteiger partial charge in [0.1, 0.15) is 5.75 Å². The molecule has 0 saturated carbocycles. The summed E-state index contributed by atoms with van der Waals surface area (Å²) in [5, 5.41) is 29.0. The lowest BCUT2D eigenvalue weighted by Crippen LogP contribution is -2.55. The smallest absolute Gasteiger partial charge is 0.227 e. The first-order chi connectivity index (χ1) is 8.88. The Morgan fingerprint density at radius 1 is 1.53 bits per heavy atom. The minimum absolute atomic E-state index is 0.111. The maximum Gasteiger partial charge on any atom is 0.227 e. The SMILES string of the molecule is C[C@@]1(O)CCN(C(=O)Cc2cccc(O)c2)C[C@@H]1O. The molecule has 1 saturated heterocycles. The first-order valence-corrected chi connectivity index (χ1v) is 6.34. The van der Waals surface area contributed by atoms with Crippen molar-refractivity contribution in [2.45, 2.75) is 31.5 Å². The number of rotatable bonds is 2. The monoisotopic (exact) mass is 265 g/mol. The van der Waals surface area contributed by atoms with Gasteiger partial charge in [0.2, 0.25) is 5.91 Å². The Bertz CT molecular complexity index is 472. The molecular formula is C14H19NO4. The molecule has 0 radical (unpaired) electrons. The number of piperidine rings is 1. The number of likely N-dealkylation sites (tertiary alicyclic amines) is 1. The number of aliphatic hydroxyl groups is 2. The zero-order valence-corrected chi connectivity index (χ0v) is 10.9. The number of β-amino-alcohol motifs (C(OH)–C–C–N with tert-alkyl or cyclic N) is 1. The average molecular weight is 265 g/mol. The van der Waals surface area contributed by atoms with E-state index in [1.807, 2.05) is 0 Å². The van der Waals surface area contributed by atoms with Crippen LogP contribution in [-0.4, -0.2) is 50.9 Å². The fraction of sp³-hybridized carbons (Fsp3) is 0.500. The van der Waals surface area contributed by atoms with E-state index in [-0.39, 0.29) is 24.6 Å². The van der Waals surface area contributed by atoms with Crippen molar-refractivity contribution in [3.63, 3.8) is 0 Å². The summed E-state index contributed by atoms with van der Waals surface area (Å²) in [6.07, 6.45) is -0.377. The summed E-state index contributed by atoms with van der Waals surface area (Å²) in [6.45, 7) is 2.15. The lowest BCUT2D eigenvalue weighted by Gasteiger charge is -2.40. The Labute approximate surface area is 112 Å². The Morgan fingerprint density at radius 3 is 2.89 bits per heavy atom. The third-order valence-electron chi connectivity index (χ3n) is 3.62. The fourth-order valence-electron chi connectivity index (χ4n) is 2.20. The molecule has 5 heteroatoms. The lowest BCUT2D eigenvalue weighted by molar-refractivity contribution is -0.145. The summed E-state index contributed by atoms with van der Waals surface area (Å²) >= 11 is 0. The van der Waals surface area contributed by atoms with Gasteiger partial charge in [-0.2, -0.15) is 0 Å². The normalized spacial score (nSPS) is 27.3. The zero-order chi connectivity index (χ0) is 14.0. The topological polar surface area (TPSA) is 81.0 Å². The molecule has 104 valence electrons. The van der Waals surface area contributed by atoms with E-state index in [9.17, 15) is 20.1 Å². The molecule has 2 atom stereocenters. The van der Waals surface area contributed by atoms with Crippen LogP contribution >= 0.6 is 0 Å². The molecule has 1 fully saturated rings. The van der Waals surface area contributed by atoms with Crippen molar-refractivity contribution in [1.29, 1.82) is 0 Å². The Balaban J connectivity index is 1.98. The fourth-order valence-corrected chi connectivity index (χ4v) is 2.20. The van der Waals surface area contributed by atoms with E-state index in [0.717, 1.165) is 5.56 Å². The minimum Gasteiger partial charge on any atom is -0.508 e. The predicted molar refractivity (Wildman–Crippen MR) is 69.6 cm³/mol. The number of carbonyl (C=O) groups excluding carboxylic acids is 1. The van der Waals surface area contributed by atoms with E-state index in [1.54, 1.807) is 36.1 Å². The molecule has 0 unspecified atom stereocenters. The molecule has 1 aromatic rings. The van der Waals surface area contributed by atoms with E-state index < -0.39 is 11.7 Å². The van der Waals surface area contributed by atoms with Gasteiger partial charge >= 0.3 is 0 Å². The second-order valence-corrected chi connectivity index (χ2v) is 5.31. The molecule has 19 heavy (non-hydrogen) atoms. The number of aromatic hydroxyl groups is 1. The molecule has 0 bridgehead atoms. The Hall–Kier alpha value is -1.59. The second kappa shape index (κ2) is 5.19. The maximum atomic E-state index is 12.1. The standard InChI is InChI=1S/C14H19NO4/c1-14(19)5-6-15(9-12(14)17)13(18)8-10-3-2-4-11(16)7-10/h2-4,7,12,16-17,19H,5-6,8-9H2,1H3/t12-,14+/m0/s1. The van der Waals surface area contributed by atoms with Crippen molar-refractivity contribution in [3.05, 3.63) is 29.8 Å². The van der Waals surface area contributed by atoms with E-state index in [4.69, 9.17) is 0 Å². The summed E-state index contributed by atoms with van der Waals surface area (Å²) in [6, 6.07) is 6.56. The molecule has 1 heterocycles. The summed E-state index contributed by atoms with van der Waals surface area (Å²) in [7, 11) is 0. The van der Waals surface area contributed by atoms with Crippen LogP contribution in [0.25, 0.3) is 0 Å². The van der Waals surface area contributed by atoms with Gasteiger partial charge in [-0.15, -0.1) is 0 Å². The quantitative estimate of drug-likeness (QED) is 0.717. The molecule has 0 aliphatic carbocycles. The molecule has 1 aliphatic heterocycles. The maximum absolute atomic E-state index is 12.1. The Kier molecular flexibility index (Phi) is 3.78. The van der Waals surface area contributed by atoms with Crippen LogP contribution in [0.15, 0.2) is 24.3 Å². The van der Waals surface area contributed by atoms with Crippen LogP contribution in [0.4, 0.5) is 0 Å². The van der Waals surface area contributed by atoms with Crippen LogP contribution in [0.5, 0.6) is 5.75 Å². The van der Waals surface area contributed by atoms with Crippen LogP contribution in [-0.2, 0) is 11.2 Å². The van der Waals surface area contributed by atoms with Crippen LogP contribution in [0.2, 0.25) is 0 Å². The third-order valence-corrected chi connectivity index (χ3v) is 3.62. The summed E-state index contributed by atoms with van der Waals surface area (Å²) in [4.78, 5) is 13.6. The highest BCUT2D eigenvalue weighted by Crippen LogP contribution is 2.22. The number of carbonyl (C=O) groups is 1. The number of aliphatic hydroxyl groups excluding tert-OH is 1. The van der Waals surface area contributed by atoms with Crippen molar-refractivity contribution < 1.29 is 20.1 Å². The van der Waals surface area contributed by atoms with Gasteiger partial charge in [-0.05, 0) is 31.0 Å². The molecular weight excluding hydrogens is 246 g/mol. The van der Waals surface area contributed by atoms with E-state index in [1.165, 1.54) is 0 Å². The number of benzene rings is 1. The van der Waals surface area contributed by atoms with Crippen LogP contribution in [0, 0.1) is 0 Å². The summed E-state index contributed by atoms with van der Waals surface area (Å²) in [5.74, 6) is 0.0204. The lowest BCUT2D eigenvalue weighted by atomic mass is 9.90. The Morgan fingerprint density at radius 2 is 2.26 bits per heavy atom. The van der Waals surface area contributed by atoms with Gasteiger partial charge in [0.25, 0.3) is 0 Å². The summed E-state index contributed by atoms with van der Waals surface area (Å²) in [5.41, 5.74) is -0.390. The van der Waals surface area contributed by atoms with Crippen LogP contribution in [0.1, 0.15) is 18.9 Å². The minimum atomic E-state index is -1.12. The van der Waals surface area contributed by atoms with Gasteiger partial charge < -0.3 is 20.2 Å². The molecule has 2 rings (SSSR count). The van der Waals surface area contributed by atoms with E-state index >= 15 is 0 Å². The van der Waals surface area contributed by atoms with Crippen molar-refractivity contribution in [2.75, 3.05) is 13.1 Å².